The van der Waals surface area contributed by atoms with Gasteiger partial charge >= 0.3 is 19.5 Å². The number of rotatable bonds is 0. The summed E-state index contributed by atoms with van der Waals surface area (Å²) in [4.78, 5) is 3.78. The molecule has 1 rings (SSSR count). The van der Waals surface area contributed by atoms with Crippen LogP contribution in [-0.4, -0.2) is 4.98 Å². The second kappa shape index (κ2) is 3.87. The Hall–Kier alpha value is -0.0666. The SMILES string of the molecule is [CH2-]c1ccc(Cl)nc1.[Zn+2]. The topological polar surface area (TPSA) is 12.9 Å². The van der Waals surface area contributed by atoms with Gasteiger partial charge in [-0.25, -0.2) is 0 Å². The van der Waals surface area contributed by atoms with Gasteiger partial charge in [-0.3, -0.25) is 0 Å². The Balaban J connectivity index is 0.000000640. The van der Waals surface area contributed by atoms with Crippen LogP contribution < -0.4 is 0 Å². The van der Waals surface area contributed by atoms with Crippen molar-refractivity contribution in [1.82, 2.24) is 4.98 Å². The van der Waals surface area contributed by atoms with E-state index < -0.39 is 0 Å². The van der Waals surface area contributed by atoms with Crippen LogP contribution in [0, 0.1) is 6.92 Å². The van der Waals surface area contributed by atoms with Crippen LogP contribution in [0.5, 0.6) is 0 Å². The molecule has 9 heavy (non-hydrogen) atoms. The molecule has 0 atom stereocenters. The van der Waals surface area contributed by atoms with Crippen molar-refractivity contribution >= 4 is 11.6 Å². The predicted octanol–water partition coefficient (Wildman–Crippen LogP) is 1.91. The van der Waals surface area contributed by atoms with Crippen LogP contribution in [0.15, 0.2) is 18.3 Å². The number of nitrogens with zero attached hydrogens (tertiary/aromatic N) is 1. The van der Waals surface area contributed by atoms with Crippen molar-refractivity contribution in [3.05, 3.63) is 36.0 Å². The number of halogens is 1. The van der Waals surface area contributed by atoms with Gasteiger partial charge in [0.25, 0.3) is 0 Å². The van der Waals surface area contributed by atoms with Crippen LogP contribution in [-0.2, 0) is 19.5 Å². The number of hydrogen-bond donors (Lipinski definition) is 0. The molecule has 0 saturated heterocycles. The summed E-state index contributed by atoms with van der Waals surface area (Å²) < 4.78 is 0. The van der Waals surface area contributed by atoms with E-state index in [1.54, 1.807) is 12.3 Å². The molecule has 42 valence electrons. The fourth-order valence-electron chi connectivity index (χ4n) is 0.406. The van der Waals surface area contributed by atoms with Gasteiger partial charge in [0, 0.05) is 0 Å². The quantitative estimate of drug-likeness (QED) is 0.347. The van der Waals surface area contributed by atoms with Crippen LogP contribution >= 0.6 is 11.6 Å². The van der Waals surface area contributed by atoms with Crippen molar-refractivity contribution < 1.29 is 19.5 Å². The first-order chi connectivity index (χ1) is 3.79. The van der Waals surface area contributed by atoms with Crippen LogP contribution in [0.1, 0.15) is 5.56 Å². The van der Waals surface area contributed by atoms with Gasteiger partial charge in [-0.15, -0.1) is 0 Å². The van der Waals surface area contributed by atoms with E-state index in [4.69, 9.17) is 11.6 Å². The standard InChI is InChI=1S/C6H5ClN.Zn/c1-5-2-3-6(7)8-4-5;/h2-4H,1H2;/q-1;+2. The molecule has 3 heteroatoms. The molecular formula is C6H5ClNZn+. The normalized spacial score (nSPS) is 8.11. The zero-order valence-electron chi connectivity index (χ0n) is 4.97. The summed E-state index contributed by atoms with van der Waals surface area (Å²) in [6.45, 7) is 3.64. The van der Waals surface area contributed by atoms with Gasteiger partial charge in [-0.05, 0) is 0 Å². The molecule has 0 aromatic carbocycles. The maximum Gasteiger partial charge on any atom is 2.00 e. The minimum atomic E-state index is 0. The van der Waals surface area contributed by atoms with Gasteiger partial charge in [-0.2, -0.15) is 18.6 Å². The van der Waals surface area contributed by atoms with E-state index in [0.29, 0.717) is 5.15 Å². The number of hydrogen-bond acceptors (Lipinski definition) is 1. The van der Waals surface area contributed by atoms with Crippen molar-refractivity contribution in [2.75, 3.05) is 0 Å². The second-order valence-corrected chi connectivity index (χ2v) is 1.88. The zero-order valence-corrected chi connectivity index (χ0v) is 8.69. The third-order valence-corrected chi connectivity index (χ3v) is 1.01. The Morgan fingerprint density at radius 2 is 2.11 bits per heavy atom. The molecule has 0 saturated carbocycles. The summed E-state index contributed by atoms with van der Waals surface area (Å²) >= 11 is 5.47. The largest absolute Gasteiger partial charge is 2.00 e. The maximum atomic E-state index is 5.47. The first-order valence-electron chi connectivity index (χ1n) is 2.22. The summed E-state index contributed by atoms with van der Waals surface area (Å²) in [5, 5.41) is 0.511. The summed E-state index contributed by atoms with van der Waals surface area (Å²) in [5.74, 6) is 0. The molecule has 0 bridgehead atoms. The first kappa shape index (κ1) is 8.93. The first-order valence-corrected chi connectivity index (χ1v) is 2.60. The monoisotopic (exact) mass is 190 g/mol. The molecule has 1 nitrogen and oxygen atoms in total. The van der Waals surface area contributed by atoms with E-state index in [2.05, 4.69) is 11.9 Å². The van der Waals surface area contributed by atoms with E-state index in [1.807, 2.05) is 6.07 Å². The molecule has 0 aliphatic heterocycles. The minimum absolute atomic E-state index is 0. The predicted molar refractivity (Wildman–Crippen MR) is 33.7 cm³/mol. The molecular weight excluding hydrogens is 187 g/mol. The molecule has 1 aromatic heterocycles. The molecule has 0 aliphatic rings. The van der Waals surface area contributed by atoms with Crippen LogP contribution in [0.2, 0.25) is 5.15 Å². The Labute approximate surface area is 72.2 Å². The minimum Gasteiger partial charge on any atom is -0.311 e. The third kappa shape index (κ3) is 2.83. The number of pyridine rings is 1. The van der Waals surface area contributed by atoms with Crippen molar-refractivity contribution in [1.29, 1.82) is 0 Å². The van der Waals surface area contributed by atoms with Gasteiger partial charge in [0.05, 0.1) is 0 Å². The fourth-order valence-corrected chi connectivity index (χ4v) is 0.518. The average molecular weight is 192 g/mol. The molecule has 0 spiro atoms. The van der Waals surface area contributed by atoms with Crippen LogP contribution in [0.25, 0.3) is 0 Å². The molecule has 1 heterocycles. The van der Waals surface area contributed by atoms with Crippen LogP contribution in [0.3, 0.4) is 0 Å². The van der Waals surface area contributed by atoms with Crippen LogP contribution in [0.4, 0.5) is 0 Å². The van der Waals surface area contributed by atoms with E-state index in [1.165, 1.54) is 0 Å². The Kier molecular flexibility index (Phi) is 3.84. The molecule has 0 aliphatic carbocycles. The van der Waals surface area contributed by atoms with Gasteiger partial charge in [0.2, 0.25) is 0 Å². The summed E-state index contributed by atoms with van der Waals surface area (Å²) in [6.07, 6.45) is 1.63. The van der Waals surface area contributed by atoms with Gasteiger partial charge in [-0.1, -0.05) is 23.9 Å². The Bertz CT molecular complexity index is 152. The molecule has 0 N–H and O–H groups in total. The molecule has 0 radical (unpaired) electrons. The van der Waals surface area contributed by atoms with E-state index >= 15 is 0 Å². The van der Waals surface area contributed by atoms with Crippen molar-refractivity contribution in [3.8, 4) is 0 Å². The Morgan fingerprint density at radius 3 is 2.44 bits per heavy atom. The smallest absolute Gasteiger partial charge is 0.311 e. The Morgan fingerprint density at radius 1 is 1.44 bits per heavy atom. The van der Waals surface area contributed by atoms with E-state index in [9.17, 15) is 0 Å². The molecule has 0 fully saturated rings. The summed E-state index contributed by atoms with van der Waals surface area (Å²) in [5.41, 5.74) is 0.884. The van der Waals surface area contributed by atoms with E-state index in [-0.39, 0.29) is 19.5 Å². The summed E-state index contributed by atoms with van der Waals surface area (Å²) in [6, 6.07) is 3.53. The second-order valence-electron chi connectivity index (χ2n) is 1.49. The fraction of sp³-hybridized carbons (Fsp3) is 0. The van der Waals surface area contributed by atoms with Gasteiger partial charge in [0.1, 0.15) is 5.15 Å². The van der Waals surface area contributed by atoms with Crippen molar-refractivity contribution in [3.63, 3.8) is 0 Å². The molecule has 0 amide bonds. The van der Waals surface area contributed by atoms with Gasteiger partial charge in [0.15, 0.2) is 0 Å². The number of aromatic nitrogens is 1. The van der Waals surface area contributed by atoms with Crippen molar-refractivity contribution in [2.24, 2.45) is 0 Å². The van der Waals surface area contributed by atoms with E-state index in [0.717, 1.165) is 5.56 Å². The zero-order chi connectivity index (χ0) is 5.98. The van der Waals surface area contributed by atoms with Crippen molar-refractivity contribution in [2.45, 2.75) is 0 Å². The van der Waals surface area contributed by atoms with Gasteiger partial charge < -0.3 is 4.98 Å². The average Bonchev–Trinajstić information content (AvgIpc) is 1.77. The molecule has 0 unspecified atom stereocenters. The molecule has 1 aromatic rings. The summed E-state index contributed by atoms with van der Waals surface area (Å²) in [7, 11) is 0. The maximum absolute atomic E-state index is 5.47. The third-order valence-electron chi connectivity index (χ3n) is 0.789.